The lowest BCUT2D eigenvalue weighted by molar-refractivity contribution is -0.137. The molecule has 0 saturated carbocycles. The topological polar surface area (TPSA) is 37.3 Å². The van der Waals surface area contributed by atoms with Gasteiger partial charge in [-0.2, -0.15) is 13.2 Å². The molecule has 0 bridgehead atoms. The number of alkyl halides is 3. The second-order valence-corrected chi connectivity index (χ2v) is 4.24. The Morgan fingerprint density at radius 3 is 2.31 bits per heavy atom. The average Bonchev–Trinajstić information content (AvgIpc) is 2.15. The summed E-state index contributed by atoms with van der Waals surface area (Å²) >= 11 is -2.44. The van der Waals surface area contributed by atoms with Gasteiger partial charge in [0.25, 0.3) is 0 Å². The zero-order chi connectivity index (χ0) is 12.5. The van der Waals surface area contributed by atoms with E-state index in [1.165, 1.54) is 13.0 Å². The minimum Gasteiger partial charge on any atom is -0.302 e. The Bertz CT molecular complexity index is 420. The monoisotopic (exact) mass is 250 g/mol. The molecule has 0 spiro atoms. The van der Waals surface area contributed by atoms with E-state index in [2.05, 4.69) is 6.58 Å². The van der Waals surface area contributed by atoms with E-state index >= 15 is 0 Å². The van der Waals surface area contributed by atoms with Crippen LogP contribution in [-0.2, 0) is 17.3 Å². The van der Waals surface area contributed by atoms with Gasteiger partial charge in [0.05, 0.1) is 10.5 Å². The SMILES string of the molecule is C=C(C)c1cc(S(=O)O)cc(C(F)(F)F)c1. The highest BCUT2D eigenvalue weighted by molar-refractivity contribution is 7.79. The number of hydrogen-bond donors (Lipinski definition) is 1. The van der Waals surface area contributed by atoms with Crippen molar-refractivity contribution in [2.45, 2.75) is 18.0 Å². The molecule has 1 aromatic rings. The molecular weight excluding hydrogens is 241 g/mol. The third-order valence-electron chi connectivity index (χ3n) is 1.93. The zero-order valence-electron chi connectivity index (χ0n) is 8.34. The van der Waals surface area contributed by atoms with Gasteiger partial charge < -0.3 is 4.55 Å². The Morgan fingerprint density at radius 2 is 1.94 bits per heavy atom. The molecular formula is C10H9F3O2S. The molecule has 1 rings (SSSR count). The fraction of sp³-hybridized carbons (Fsp3) is 0.200. The Hall–Kier alpha value is -1.14. The van der Waals surface area contributed by atoms with E-state index in [4.69, 9.17) is 4.55 Å². The quantitative estimate of drug-likeness (QED) is 0.817. The molecule has 0 aliphatic rings. The summed E-state index contributed by atoms with van der Waals surface area (Å²) < 4.78 is 57.0. The minimum atomic E-state index is -4.54. The normalized spacial score (nSPS) is 13.6. The van der Waals surface area contributed by atoms with Crippen molar-refractivity contribution in [1.82, 2.24) is 0 Å². The molecule has 2 nitrogen and oxygen atoms in total. The lowest BCUT2D eigenvalue weighted by Crippen LogP contribution is -2.07. The third kappa shape index (κ3) is 2.93. The lowest BCUT2D eigenvalue weighted by Gasteiger charge is -2.10. The number of benzene rings is 1. The highest BCUT2D eigenvalue weighted by Crippen LogP contribution is 2.32. The predicted octanol–water partition coefficient (Wildman–Crippen LogP) is 3.32. The first-order valence-corrected chi connectivity index (χ1v) is 5.31. The lowest BCUT2D eigenvalue weighted by atomic mass is 10.1. The van der Waals surface area contributed by atoms with Crippen LogP contribution in [0.4, 0.5) is 13.2 Å². The summed E-state index contributed by atoms with van der Waals surface area (Å²) in [5, 5.41) is 0. The van der Waals surface area contributed by atoms with E-state index in [0.717, 1.165) is 6.07 Å². The van der Waals surface area contributed by atoms with Crippen molar-refractivity contribution >= 4 is 16.7 Å². The molecule has 0 aliphatic carbocycles. The van der Waals surface area contributed by atoms with Gasteiger partial charge in [0.15, 0.2) is 11.1 Å². The molecule has 6 heteroatoms. The Labute approximate surface area is 93.1 Å². The molecule has 1 aromatic carbocycles. The maximum atomic E-state index is 12.5. The minimum absolute atomic E-state index is 0.201. The molecule has 1 unspecified atom stereocenters. The van der Waals surface area contributed by atoms with E-state index in [0.29, 0.717) is 11.6 Å². The summed E-state index contributed by atoms with van der Waals surface area (Å²) in [6.45, 7) is 5.03. The van der Waals surface area contributed by atoms with Gasteiger partial charge in [0.1, 0.15) is 0 Å². The van der Waals surface area contributed by atoms with Gasteiger partial charge in [-0.05, 0) is 30.7 Å². The summed E-state index contributed by atoms with van der Waals surface area (Å²) in [5.41, 5.74) is -0.351. The van der Waals surface area contributed by atoms with Crippen LogP contribution in [0.2, 0.25) is 0 Å². The highest BCUT2D eigenvalue weighted by Gasteiger charge is 2.31. The maximum absolute atomic E-state index is 12.5. The van der Waals surface area contributed by atoms with Crippen LogP contribution in [0.15, 0.2) is 29.7 Å². The molecule has 0 aliphatic heterocycles. The summed E-state index contributed by atoms with van der Waals surface area (Å²) in [6, 6.07) is 2.77. The van der Waals surface area contributed by atoms with E-state index in [1.807, 2.05) is 0 Å². The van der Waals surface area contributed by atoms with Crippen LogP contribution in [0.3, 0.4) is 0 Å². The molecule has 1 N–H and O–H groups in total. The van der Waals surface area contributed by atoms with Crippen molar-refractivity contribution in [3.8, 4) is 0 Å². The number of hydrogen-bond acceptors (Lipinski definition) is 1. The fourth-order valence-corrected chi connectivity index (χ4v) is 1.57. The van der Waals surface area contributed by atoms with Crippen LogP contribution in [0.5, 0.6) is 0 Å². The van der Waals surface area contributed by atoms with Crippen molar-refractivity contribution in [2.24, 2.45) is 0 Å². The molecule has 0 fully saturated rings. The standard InChI is InChI=1S/C10H9F3O2S/c1-6(2)7-3-8(10(11,12)13)5-9(4-7)16(14)15/h3-5H,1H2,2H3,(H,14,15). The van der Waals surface area contributed by atoms with Gasteiger partial charge in [-0.1, -0.05) is 12.2 Å². The van der Waals surface area contributed by atoms with Crippen molar-refractivity contribution in [1.29, 1.82) is 0 Å². The average molecular weight is 250 g/mol. The van der Waals surface area contributed by atoms with Crippen LogP contribution >= 0.6 is 0 Å². The largest absolute Gasteiger partial charge is 0.416 e. The van der Waals surface area contributed by atoms with Crippen LogP contribution in [0.1, 0.15) is 18.1 Å². The Balaban J connectivity index is 3.42. The molecule has 0 amide bonds. The van der Waals surface area contributed by atoms with Crippen molar-refractivity contribution in [3.63, 3.8) is 0 Å². The molecule has 0 aromatic heterocycles. The van der Waals surface area contributed by atoms with E-state index in [1.54, 1.807) is 0 Å². The fourth-order valence-electron chi connectivity index (χ4n) is 1.11. The first-order chi connectivity index (χ1) is 7.21. The van der Waals surface area contributed by atoms with Crippen molar-refractivity contribution in [2.75, 3.05) is 0 Å². The maximum Gasteiger partial charge on any atom is 0.416 e. The summed E-state index contributed by atoms with van der Waals surface area (Å²) in [4.78, 5) is -0.284. The summed E-state index contributed by atoms with van der Waals surface area (Å²) in [5.74, 6) is 0. The van der Waals surface area contributed by atoms with Crippen LogP contribution in [0.25, 0.3) is 5.57 Å². The van der Waals surface area contributed by atoms with E-state index < -0.39 is 22.8 Å². The van der Waals surface area contributed by atoms with Crippen LogP contribution < -0.4 is 0 Å². The van der Waals surface area contributed by atoms with Gasteiger partial charge in [-0.15, -0.1) is 0 Å². The molecule has 1 atom stereocenters. The molecule has 0 heterocycles. The summed E-state index contributed by atoms with van der Waals surface area (Å²) in [6.07, 6.45) is -4.54. The Kier molecular flexibility index (Phi) is 3.54. The third-order valence-corrected chi connectivity index (χ3v) is 2.57. The number of allylic oxidation sites excluding steroid dienone is 1. The Morgan fingerprint density at radius 1 is 1.38 bits per heavy atom. The molecule has 88 valence electrons. The number of rotatable bonds is 2. The molecule has 16 heavy (non-hydrogen) atoms. The molecule has 0 saturated heterocycles. The second kappa shape index (κ2) is 4.39. The van der Waals surface area contributed by atoms with E-state index in [9.17, 15) is 17.4 Å². The first kappa shape index (κ1) is 12.9. The predicted molar refractivity (Wildman–Crippen MR) is 55.2 cm³/mol. The van der Waals surface area contributed by atoms with Gasteiger partial charge in [0.2, 0.25) is 0 Å². The second-order valence-electron chi connectivity index (χ2n) is 3.27. The highest BCUT2D eigenvalue weighted by atomic mass is 32.2. The van der Waals surface area contributed by atoms with Gasteiger partial charge in [-0.25, -0.2) is 4.21 Å². The summed E-state index contributed by atoms with van der Waals surface area (Å²) in [7, 11) is 0. The smallest absolute Gasteiger partial charge is 0.302 e. The van der Waals surface area contributed by atoms with Gasteiger partial charge in [-0.3, -0.25) is 0 Å². The first-order valence-electron chi connectivity index (χ1n) is 4.21. The van der Waals surface area contributed by atoms with Crippen molar-refractivity contribution < 1.29 is 21.9 Å². The zero-order valence-corrected chi connectivity index (χ0v) is 9.15. The van der Waals surface area contributed by atoms with Crippen LogP contribution in [-0.4, -0.2) is 8.76 Å². The van der Waals surface area contributed by atoms with Gasteiger partial charge in [0, 0.05) is 0 Å². The number of halogens is 3. The molecule has 0 radical (unpaired) electrons. The van der Waals surface area contributed by atoms with Crippen LogP contribution in [0, 0.1) is 0 Å². The van der Waals surface area contributed by atoms with Gasteiger partial charge >= 0.3 is 6.18 Å². The van der Waals surface area contributed by atoms with E-state index in [-0.39, 0.29) is 10.5 Å². The van der Waals surface area contributed by atoms with Crippen molar-refractivity contribution in [3.05, 3.63) is 35.9 Å².